The van der Waals surface area contributed by atoms with Crippen molar-refractivity contribution in [1.29, 1.82) is 0 Å². The van der Waals surface area contributed by atoms with Crippen molar-refractivity contribution in [3.8, 4) is 0 Å². The fourth-order valence-electron chi connectivity index (χ4n) is 4.14. The first-order valence-electron chi connectivity index (χ1n) is 9.31. The third-order valence-corrected chi connectivity index (χ3v) is 6.01. The lowest BCUT2D eigenvalue weighted by atomic mass is 10.2. The molecule has 2 aliphatic carbocycles. The van der Waals surface area contributed by atoms with Crippen LogP contribution in [-0.4, -0.2) is 42.2 Å². The first kappa shape index (κ1) is 18.3. The van der Waals surface area contributed by atoms with E-state index in [0.717, 1.165) is 18.9 Å². The Hall–Kier alpha value is -2.06. The number of methoxy groups -OCH3 is 1. The summed E-state index contributed by atoms with van der Waals surface area (Å²) in [5, 5.41) is 3.04. The van der Waals surface area contributed by atoms with Crippen LogP contribution in [0, 0.1) is 23.7 Å². The summed E-state index contributed by atoms with van der Waals surface area (Å²) in [6, 6.07) is 1.07. The molecule has 0 spiro atoms. The highest BCUT2D eigenvalue weighted by Gasteiger charge is 2.56. The molecule has 148 valence electrons. The fraction of sp³-hybridized carbons (Fsp3) is 0.722. The summed E-state index contributed by atoms with van der Waals surface area (Å²) in [6.45, 7) is 3.17. The van der Waals surface area contributed by atoms with Crippen LogP contribution in [0.2, 0.25) is 0 Å². The number of alkyl halides is 3. The predicted molar refractivity (Wildman–Crippen MR) is 92.2 cm³/mol. The van der Waals surface area contributed by atoms with E-state index in [4.69, 9.17) is 4.74 Å². The summed E-state index contributed by atoms with van der Waals surface area (Å²) in [5.74, 6) is 1.47. The molecule has 27 heavy (non-hydrogen) atoms. The topological polar surface area (TPSA) is 67.3 Å². The highest BCUT2D eigenvalue weighted by atomic mass is 19.4. The van der Waals surface area contributed by atoms with Crippen molar-refractivity contribution < 1.29 is 22.7 Å². The Morgan fingerprint density at radius 1 is 1.33 bits per heavy atom. The van der Waals surface area contributed by atoms with Gasteiger partial charge in [-0.3, -0.25) is 4.79 Å². The monoisotopic (exact) mass is 384 g/mol. The van der Waals surface area contributed by atoms with Gasteiger partial charge in [-0.2, -0.15) is 18.2 Å². The van der Waals surface area contributed by atoms with Gasteiger partial charge in [-0.1, -0.05) is 0 Å². The van der Waals surface area contributed by atoms with E-state index in [-0.39, 0.29) is 23.9 Å². The molecule has 1 aliphatic heterocycles. The minimum atomic E-state index is -4.52. The summed E-state index contributed by atoms with van der Waals surface area (Å²) in [5.41, 5.74) is -0.926. The molecular formula is C18H23F3N4O2. The van der Waals surface area contributed by atoms with Crippen molar-refractivity contribution in [2.24, 2.45) is 23.7 Å². The van der Waals surface area contributed by atoms with E-state index in [1.165, 1.54) is 7.11 Å². The quantitative estimate of drug-likeness (QED) is 0.761. The SMILES string of the molecule is COC(=O)CC1[C@H]2CN(c3cc(C(F)(F)F)nc(N[C@@H](C)C4CC4)n3)C[C@@H]12. The molecule has 1 aromatic heterocycles. The number of fused-ring (bicyclic) bond motifs is 1. The fourth-order valence-corrected chi connectivity index (χ4v) is 4.14. The van der Waals surface area contributed by atoms with Gasteiger partial charge in [-0.05, 0) is 43.4 Å². The number of esters is 1. The van der Waals surface area contributed by atoms with Crippen molar-refractivity contribution in [3.05, 3.63) is 11.8 Å². The van der Waals surface area contributed by atoms with Crippen molar-refractivity contribution in [3.63, 3.8) is 0 Å². The lowest BCUT2D eigenvalue weighted by molar-refractivity contribution is -0.142. The van der Waals surface area contributed by atoms with Gasteiger partial charge in [-0.25, -0.2) is 4.98 Å². The Balaban J connectivity index is 1.48. The second kappa shape index (κ2) is 6.53. The van der Waals surface area contributed by atoms with Gasteiger partial charge in [0.2, 0.25) is 5.95 Å². The van der Waals surface area contributed by atoms with Crippen molar-refractivity contribution in [2.45, 2.75) is 38.4 Å². The van der Waals surface area contributed by atoms with Crippen LogP contribution in [0.5, 0.6) is 0 Å². The third kappa shape index (κ3) is 3.82. The van der Waals surface area contributed by atoms with Crippen LogP contribution in [0.25, 0.3) is 0 Å². The number of nitrogens with one attached hydrogen (secondary N) is 1. The maximum Gasteiger partial charge on any atom is 0.433 e. The summed E-state index contributed by atoms with van der Waals surface area (Å²) in [4.78, 5) is 21.3. The number of carbonyl (C=O) groups excluding carboxylic acids is 1. The van der Waals surface area contributed by atoms with Crippen molar-refractivity contribution >= 4 is 17.7 Å². The normalized spacial score (nSPS) is 27.9. The molecule has 0 bridgehead atoms. The molecule has 3 aliphatic rings. The molecule has 4 rings (SSSR count). The molecule has 9 heteroatoms. The first-order chi connectivity index (χ1) is 12.8. The Kier molecular flexibility index (Phi) is 4.43. The summed E-state index contributed by atoms with van der Waals surface area (Å²) >= 11 is 0. The Bertz CT molecular complexity index is 726. The molecule has 1 aromatic rings. The molecule has 0 aromatic carbocycles. The minimum absolute atomic E-state index is 0.0332. The van der Waals surface area contributed by atoms with Crippen LogP contribution in [0.1, 0.15) is 31.9 Å². The number of halogens is 3. The van der Waals surface area contributed by atoms with Gasteiger partial charge in [0, 0.05) is 31.6 Å². The number of anilines is 2. The van der Waals surface area contributed by atoms with Crippen LogP contribution < -0.4 is 10.2 Å². The maximum atomic E-state index is 13.3. The van der Waals surface area contributed by atoms with E-state index >= 15 is 0 Å². The molecule has 1 N–H and O–H groups in total. The van der Waals surface area contributed by atoms with Gasteiger partial charge in [0.15, 0.2) is 5.69 Å². The second-order valence-electron chi connectivity index (χ2n) is 7.88. The highest BCUT2D eigenvalue weighted by Crippen LogP contribution is 2.54. The standard InChI is InChI=1S/C18H23F3N4O2/c1-9(10-3-4-10)22-17-23-14(18(19,20)21)6-15(24-17)25-7-12-11(13(12)8-25)5-16(26)27-2/h6,9-13H,3-5,7-8H2,1-2H3,(H,22,23,24)/t9-,11?,12-,13+/m0/s1. The zero-order valence-corrected chi connectivity index (χ0v) is 15.3. The summed E-state index contributed by atoms with van der Waals surface area (Å²) < 4.78 is 44.6. The summed E-state index contributed by atoms with van der Waals surface area (Å²) in [6.07, 6.45) is -1.98. The van der Waals surface area contributed by atoms with Crippen LogP contribution in [0.15, 0.2) is 6.07 Å². The Morgan fingerprint density at radius 3 is 2.56 bits per heavy atom. The van der Waals surface area contributed by atoms with Crippen LogP contribution >= 0.6 is 0 Å². The average molecular weight is 384 g/mol. The van der Waals surface area contributed by atoms with Crippen LogP contribution in [0.4, 0.5) is 24.9 Å². The number of carbonyl (C=O) groups is 1. The van der Waals surface area contributed by atoms with Gasteiger partial charge < -0.3 is 15.0 Å². The highest BCUT2D eigenvalue weighted by molar-refractivity contribution is 5.70. The van der Waals surface area contributed by atoms with Gasteiger partial charge in [0.1, 0.15) is 5.82 Å². The molecule has 1 saturated heterocycles. The van der Waals surface area contributed by atoms with Crippen molar-refractivity contribution in [1.82, 2.24) is 9.97 Å². The number of piperidine rings is 1. The number of hydrogen-bond acceptors (Lipinski definition) is 6. The lowest BCUT2D eigenvalue weighted by Crippen LogP contribution is -2.28. The minimum Gasteiger partial charge on any atom is -0.469 e. The van der Waals surface area contributed by atoms with Crippen LogP contribution in [0.3, 0.4) is 0 Å². The van der Waals surface area contributed by atoms with Gasteiger partial charge in [-0.15, -0.1) is 0 Å². The smallest absolute Gasteiger partial charge is 0.433 e. The lowest BCUT2D eigenvalue weighted by Gasteiger charge is -2.23. The van der Waals surface area contributed by atoms with E-state index in [1.807, 2.05) is 11.8 Å². The maximum absolute atomic E-state index is 13.3. The first-order valence-corrected chi connectivity index (χ1v) is 9.31. The molecule has 2 heterocycles. The van der Waals surface area contributed by atoms with E-state index in [1.54, 1.807) is 0 Å². The second-order valence-corrected chi connectivity index (χ2v) is 7.88. The molecule has 6 nitrogen and oxygen atoms in total. The van der Waals surface area contributed by atoms with Crippen LogP contribution in [-0.2, 0) is 15.7 Å². The van der Waals surface area contributed by atoms with Gasteiger partial charge >= 0.3 is 12.1 Å². The molecular weight excluding hydrogens is 361 g/mol. The Labute approximate surface area is 155 Å². The molecule has 2 saturated carbocycles. The van der Waals surface area contributed by atoms with E-state index < -0.39 is 11.9 Å². The number of nitrogens with zero attached hydrogens (tertiary/aromatic N) is 3. The Morgan fingerprint density at radius 2 is 2.00 bits per heavy atom. The average Bonchev–Trinajstić information content (AvgIpc) is 3.52. The van der Waals surface area contributed by atoms with Gasteiger partial charge in [0.25, 0.3) is 0 Å². The molecule has 3 fully saturated rings. The largest absolute Gasteiger partial charge is 0.469 e. The van der Waals surface area contributed by atoms with E-state index in [2.05, 4.69) is 15.3 Å². The zero-order valence-electron chi connectivity index (χ0n) is 15.3. The number of ether oxygens (including phenoxy) is 1. The third-order valence-electron chi connectivity index (χ3n) is 6.01. The van der Waals surface area contributed by atoms with Crippen molar-refractivity contribution in [2.75, 3.05) is 30.4 Å². The molecule has 4 atom stereocenters. The van der Waals surface area contributed by atoms with E-state index in [0.29, 0.717) is 43.1 Å². The molecule has 1 unspecified atom stereocenters. The summed E-state index contributed by atoms with van der Waals surface area (Å²) in [7, 11) is 1.36. The van der Waals surface area contributed by atoms with Gasteiger partial charge in [0.05, 0.1) is 7.11 Å². The number of rotatable bonds is 6. The molecule has 0 amide bonds. The zero-order chi connectivity index (χ0) is 19.3. The predicted octanol–water partition coefficient (Wildman–Crippen LogP) is 2.95. The molecule has 0 radical (unpaired) electrons. The number of hydrogen-bond donors (Lipinski definition) is 1. The number of aromatic nitrogens is 2. The van der Waals surface area contributed by atoms with E-state index in [9.17, 15) is 18.0 Å².